The Hall–Kier alpha value is -2.42. The van der Waals surface area contributed by atoms with E-state index < -0.39 is 17.2 Å². The van der Waals surface area contributed by atoms with Crippen molar-refractivity contribution < 1.29 is 9.59 Å². The van der Waals surface area contributed by atoms with Crippen molar-refractivity contribution >= 4 is 11.8 Å². The molecule has 20 heavy (non-hydrogen) atoms. The average Bonchev–Trinajstić information content (AvgIpc) is 2.45. The van der Waals surface area contributed by atoms with E-state index in [0.717, 1.165) is 19.3 Å². The van der Waals surface area contributed by atoms with Crippen molar-refractivity contribution in [3.8, 4) is 0 Å². The van der Waals surface area contributed by atoms with Gasteiger partial charge in [-0.05, 0) is 0 Å². The van der Waals surface area contributed by atoms with Gasteiger partial charge in [0.05, 0.1) is 6.54 Å². The van der Waals surface area contributed by atoms with Gasteiger partial charge in [-0.15, -0.1) is 0 Å². The molecule has 2 amide bonds. The van der Waals surface area contributed by atoms with E-state index in [1.165, 1.54) is 0 Å². The van der Waals surface area contributed by atoms with E-state index in [9.17, 15) is 19.2 Å². The maximum absolute atomic E-state index is 11.8. The fourth-order valence-electron chi connectivity index (χ4n) is 1.86. The van der Waals surface area contributed by atoms with Gasteiger partial charge in [0.25, 0.3) is 11.5 Å². The molecule has 1 aliphatic rings. The molecule has 2 heterocycles. The predicted octanol–water partition coefficient (Wildman–Crippen LogP) is -2.78. The molecule has 1 aliphatic heterocycles. The smallest absolute Gasteiger partial charge is 0.325 e. The summed E-state index contributed by atoms with van der Waals surface area (Å²) in [6.07, 6.45) is 1.02. The Bertz CT molecular complexity index is 614. The number of amides is 2. The van der Waals surface area contributed by atoms with Crippen molar-refractivity contribution in [3.63, 3.8) is 0 Å². The van der Waals surface area contributed by atoms with Crippen LogP contribution in [0, 0.1) is 0 Å². The minimum Gasteiger partial charge on any atom is -0.343 e. The van der Waals surface area contributed by atoms with Crippen LogP contribution in [0.1, 0.15) is 10.4 Å². The molecular weight excluding hydrogens is 266 g/mol. The Labute approximate surface area is 113 Å². The lowest BCUT2D eigenvalue weighted by molar-refractivity contribution is -0.130. The Morgan fingerprint density at radius 2 is 1.95 bits per heavy atom. The quantitative estimate of drug-likeness (QED) is 0.477. The molecule has 4 N–H and O–H groups in total. The van der Waals surface area contributed by atoms with Gasteiger partial charge in [-0.1, -0.05) is 0 Å². The van der Waals surface area contributed by atoms with E-state index in [0.29, 0.717) is 13.1 Å². The number of piperazine rings is 1. The third kappa shape index (κ3) is 3.32. The molecule has 0 aliphatic carbocycles. The van der Waals surface area contributed by atoms with Crippen molar-refractivity contribution in [2.24, 2.45) is 0 Å². The van der Waals surface area contributed by atoms with Gasteiger partial charge in [0.2, 0.25) is 5.91 Å². The van der Waals surface area contributed by atoms with Crippen LogP contribution in [0.4, 0.5) is 0 Å². The van der Waals surface area contributed by atoms with Crippen molar-refractivity contribution in [2.75, 3.05) is 32.7 Å². The summed E-state index contributed by atoms with van der Waals surface area (Å²) in [7, 11) is 0. The molecule has 0 bridgehead atoms. The second-order valence-electron chi connectivity index (χ2n) is 4.30. The predicted molar refractivity (Wildman–Crippen MR) is 69.5 cm³/mol. The molecule has 0 saturated carbocycles. The monoisotopic (exact) mass is 281 g/mol. The molecule has 0 unspecified atom stereocenters. The van der Waals surface area contributed by atoms with E-state index in [-0.39, 0.29) is 18.0 Å². The maximum Gasteiger partial charge on any atom is 0.325 e. The fourth-order valence-corrected chi connectivity index (χ4v) is 1.86. The summed E-state index contributed by atoms with van der Waals surface area (Å²) < 4.78 is 0. The maximum atomic E-state index is 11.8. The molecule has 1 saturated heterocycles. The van der Waals surface area contributed by atoms with Gasteiger partial charge in [0.1, 0.15) is 5.56 Å². The molecule has 1 aromatic rings. The highest BCUT2D eigenvalue weighted by Crippen LogP contribution is 1.93. The van der Waals surface area contributed by atoms with E-state index in [1.54, 1.807) is 4.90 Å². The van der Waals surface area contributed by atoms with E-state index in [1.807, 2.05) is 4.98 Å². The summed E-state index contributed by atoms with van der Waals surface area (Å²) in [5, 5.41) is 5.48. The van der Waals surface area contributed by atoms with Crippen LogP contribution < -0.4 is 21.9 Å². The molecule has 9 heteroatoms. The average molecular weight is 281 g/mol. The molecular formula is C11H15N5O4. The minimum absolute atomic E-state index is 0.183. The van der Waals surface area contributed by atoms with Crippen molar-refractivity contribution in [1.82, 2.24) is 25.5 Å². The van der Waals surface area contributed by atoms with E-state index >= 15 is 0 Å². The molecule has 0 spiro atoms. The van der Waals surface area contributed by atoms with Crippen LogP contribution in [-0.2, 0) is 4.79 Å². The summed E-state index contributed by atoms with van der Waals surface area (Å²) in [5.41, 5.74) is -1.72. The first-order valence-electron chi connectivity index (χ1n) is 6.16. The zero-order valence-electron chi connectivity index (χ0n) is 10.7. The Morgan fingerprint density at radius 3 is 2.60 bits per heavy atom. The lowest BCUT2D eigenvalue weighted by atomic mass is 10.3. The summed E-state index contributed by atoms with van der Waals surface area (Å²) in [5.74, 6) is -0.910. The van der Waals surface area contributed by atoms with E-state index in [2.05, 4.69) is 15.6 Å². The fraction of sp³-hybridized carbons (Fsp3) is 0.455. The SMILES string of the molecule is O=C(NCC(=O)N1CCNCC1)c1c[nH]c(=O)[nH]c1=O. The van der Waals surface area contributed by atoms with Crippen LogP contribution in [0.3, 0.4) is 0 Å². The Balaban J connectivity index is 1.93. The minimum atomic E-state index is -0.791. The van der Waals surface area contributed by atoms with Gasteiger partial charge in [-0.3, -0.25) is 19.4 Å². The standard InChI is InChI=1S/C11H15N5O4/c17-8(16-3-1-12-2-4-16)6-13-9(18)7-5-14-11(20)15-10(7)19/h5,12H,1-4,6H2,(H,13,18)(H2,14,15,19,20). The van der Waals surface area contributed by atoms with Gasteiger partial charge < -0.3 is 20.5 Å². The first-order valence-corrected chi connectivity index (χ1v) is 6.16. The Kier molecular flexibility index (Phi) is 4.31. The number of nitrogens with one attached hydrogen (secondary N) is 4. The van der Waals surface area contributed by atoms with Gasteiger partial charge in [-0.2, -0.15) is 0 Å². The van der Waals surface area contributed by atoms with Crippen LogP contribution in [-0.4, -0.2) is 59.4 Å². The summed E-state index contributed by atoms with van der Waals surface area (Å²) >= 11 is 0. The molecule has 9 nitrogen and oxygen atoms in total. The largest absolute Gasteiger partial charge is 0.343 e. The first-order chi connectivity index (χ1) is 9.58. The third-order valence-electron chi connectivity index (χ3n) is 2.93. The number of hydrogen-bond acceptors (Lipinski definition) is 5. The molecule has 0 radical (unpaired) electrons. The van der Waals surface area contributed by atoms with E-state index in [4.69, 9.17) is 0 Å². The number of aromatic nitrogens is 2. The number of rotatable bonds is 3. The van der Waals surface area contributed by atoms with Gasteiger partial charge in [-0.25, -0.2) is 4.79 Å². The third-order valence-corrected chi connectivity index (χ3v) is 2.93. The second-order valence-corrected chi connectivity index (χ2v) is 4.30. The van der Waals surface area contributed by atoms with Crippen molar-refractivity contribution in [3.05, 3.63) is 32.6 Å². The Morgan fingerprint density at radius 1 is 1.25 bits per heavy atom. The topological polar surface area (TPSA) is 127 Å². The zero-order valence-corrected chi connectivity index (χ0v) is 10.7. The molecule has 1 fully saturated rings. The summed E-state index contributed by atoms with van der Waals surface area (Å²) in [4.78, 5) is 51.5. The normalized spacial score (nSPS) is 14.9. The van der Waals surface area contributed by atoms with Crippen molar-refractivity contribution in [2.45, 2.75) is 0 Å². The number of aromatic amines is 2. The highest BCUT2D eigenvalue weighted by molar-refractivity contribution is 5.95. The first kappa shape index (κ1) is 14.0. The lowest BCUT2D eigenvalue weighted by Gasteiger charge is -2.27. The number of hydrogen-bond donors (Lipinski definition) is 4. The second kappa shape index (κ2) is 6.15. The summed E-state index contributed by atoms with van der Waals surface area (Å²) in [6, 6.07) is 0. The van der Waals surface area contributed by atoms with Crippen LogP contribution in [0.25, 0.3) is 0 Å². The van der Waals surface area contributed by atoms with Gasteiger partial charge in [0, 0.05) is 32.4 Å². The summed E-state index contributed by atoms with van der Waals surface area (Å²) in [6.45, 7) is 2.44. The molecule has 2 rings (SSSR count). The number of H-pyrrole nitrogens is 2. The molecule has 0 aromatic carbocycles. The van der Waals surface area contributed by atoms with Crippen LogP contribution in [0.2, 0.25) is 0 Å². The molecule has 0 atom stereocenters. The van der Waals surface area contributed by atoms with Crippen LogP contribution in [0.15, 0.2) is 15.8 Å². The van der Waals surface area contributed by atoms with Gasteiger partial charge in [0.15, 0.2) is 0 Å². The van der Waals surface area contributed by atoms with Crippen LogP contribution in [0.5, 0.6) is 0 Å². The zero-order chi connectivity index (χ0) is 14.5. The van der Waals surface area contributed by atoms with Crippen molar-refractivity contribution in [1.29, 1.82) is 0 Å². The molecule has 108 valence electrons. The van der Waals surface area contributed by atoms with Gasteiger partial charge >= 0.3 is 5.69 Å². The number of carbonyl (C=O) groups is 2. The highest BCUT2D eigenvalue weighted by Gasteiger charge is 2.18. The lowest BCUT2D eigenvalue weighted by Crippen LogP contribution is -2.49. The highest BCUT2D eigenvalue weighted by atomic mass is 16.2. The molecule has 1 aromatic heterocycles. The van der Waals surface area contributed by atoms with Crippen LogP contribution >= 0.6 is 0 Å². The number of nitrogens with zero attached hydrogens (tertiary/aromatic N) is 1. The number of carbonyl (C=O) groups excluding carboxylic acids is 2.